The van der Waals surface area contributed by atoms with Crippen LogP contribution in [0.15, 0.2) is 54.7 Å². The quantitative estimate of drug-likeness (QED) is 0.410. The maximum Gasteiger partial charge on any atom is 0.233 e. The number of benzene rings is 2. The molecule has 5 nitrogen and oxygen atoms in total. The highest BCUT2D eigenvalue weighted by atomic mass is 32.1. The first-order chi connectivity index (χ1) is 14.9. The average Bonchev–Trinajstić information content (AvgIpc) is 3.18. The summed E-state index contributed by atoms with van der Waals surface area (Å²) in [5, 5.41) is 0.668. The van der Waals surface area contributed by atoms with E-state index in [9.17, 15) is 4.79 Å². The van der Waals surface area contributed by atoms with Gasteiger partial charge in [-0.25, -0.2) is 4.98 Å². The first-order valence-corrected chi connectivity index (χ1v) is 11.0. The van der Waals surface area contributed by atoms with Gasteiger partial charge in [0.25, 0.3) is 0 Å². The summed E-state index contributed by atoms with van der Waals surface area (Å²) >= 11 is 1.49. The number of carbonyl (C=O) groups is 1. The third kappa shape index (κ3) is 4.59. The van der Waals surface area contributed by atoms with E-state index in [0.29, 0.717) is 18.1 Å². The Balaban J connectivity index is 1.71. The van der Waals surface area contributed by atoms with Crippen molar-refractivity contribution in [3.63, 3.8) is 0 Å². The molecular formula is C25H25N3O2S. The summed E-state index contributed by atoms with van der Waals surface area (Å²) in [6.07, 6.45) is 2.07. The highest BCUT2D eigenvalue weighted by Crippen LogP contribution is 2.32. The lowest BCUT2D eigenvalue weighted by Crippen LogP contribution is -2.32. The van der Waals surface area contributed by atoms with E-state index < -0.39 is 0 Å². The van der Waals surface area contributed by atoms with Gasteiger partial charge in [0.05, 0.1) is 36.0 Å². The van der Waals surface area contributed by atoms with Crippen molar-refractivity contribution in [3.05, 3.63) is 82.7 Å². The molecule has 0 unspecified atom stereocenters. The molecule has 2 aromatic carbocycles. The molecule has 1 amide bonds. The van der Waals surface area contributed by atoms with E-state index in [4.69, 9.17) is 9.72 Å². The molecule has 0 aliphatic rings. The zero-order valence-corrected chi connectivity index (χ0v) is 19.0. The molecule has 31 heavy (non-hydrogen) atoms. The maximum atomic E-state index is 13.5. The van der Waals surface area contributed by atoms with Crippen molar-refractivity contribution in [2.45, 2.75) is 33.7 Å². The molecule has 0 aliphatic heterocycles. The minimum absolute atomic E-state index is 0.00623. The Labute approximate surface area is 186 Å². The SMILES string of the molecule is COc1ccc2nc(N(Cc3ccccn3)C(=O)Cc3c(C)cc(C)cc3C)sc2c1. The Hall–Kier alpha value is -3.25. The first-order valence-electron chi connectivity index (χ1n) is 10.2. The predicted octanol–water partition coefficient (Wildman–Crippen LogP) is 5.40. The topological polar surface area (TPSA) is 55.3 Å². The highest BCUT2D eigenvalue weighted by molar-refractivity contribution is 7.22. The fourth-order valence-electron chi connectivity index (χ4n) is 3.79. The number of hydrogen-bond acceptors (Lipinski definition) is 5. The van der Waals surface area contributed by atoms with Crippen LogP contribution in [0.5, 0.6) is 5.75 Å². The van der Waals surface area contributed by atoms with Gasteiger partial charge in [0.15, 0.2) is 5.13 Å². The molecule has 158 valence electrons. The fraction of sp³-hybridized carbons (Fsp3) is 0.240. The summed E-state index contributed by atoms with van der Waals surface area (Å²) in [5.41, 5.74) is 6.23. The number of aromatic nitrogens is 2. The van der Waals surface area contributed by atoms with Gasteiger partial charge in [0, 0.05) is 6.20 Å². The van der Waals surface area contributed by atoms with Crippen LogP contribution in [-0.2, 0) is 17.8 Å². The number of rotatable bonds is 6. The van der Waals surface area contributed by atoms with Crippen LogP contribution in [0.4, 0.5) is 5.13 Å². The Bertz CT molecular complexity index is 1210. The second-order valence-electron chi connectivity index (χ2n) is 7.69. The first kappa shape index (κ1) is 21.0. The number of hydrogen-bond donors (Lipinski definition) is 0. The molecule has 4 aromatic rings. The van der Waals surface area contributed by atoms with Crippen LogP contribution < -0.4 is 9.64 Å². The minimum atomic E-state index is 0.00623. The summed E-state index contributed by atoms with van der Waals surface area (Å²) in [5.74, 6) is 0.780. The van der Waals surface area contributed by atoms with E-state index in [1.807, 2.05) is 36.4 Å². The summed E-state index contributed by atoms with van der Waals surface area (Å²) in [6, 6.07) is 15.8. The summed E-state index contributed by atoms with van der Waals surface area (Å²) < 4.78 is 6.32. The van der Waals surface area contributed by atoms with E-state index in [-0.39, 0.29) is 5.91 Å². The average molecular weight is 432 g/mol. The lowest BCUT2D eigenvalue weighted by atomic mass is 9.97. The third-order valence-electron chi connectivity index (χ3n) is 5.33. The molecule has 0 aliphatic carbocycles. The van der Waals surface area contributed by atoms with Crippen LogP contribution >= 0.6 is 11.3 Å². The highest BCUT2D eigenvalue weighted by Gasteiger charge is 2.22. The second-order valence-corrected chi connectivity index (χ2v) is 8.69. The van der Waals surface area contributed by atoms with E-state index in [1.165, 1.54) is 16.9 Å². The van der Waals surface area contributed by atoms with Crippen molar-refractivity contribution < 1.29 is 9.53 Å². The van der Waals surface area contributed by atoms with Gasteiger partial charge in [-0.2, -0.15) is 0 Å². The Morgan fingerprint density at radius 1 is 1.06 bits per heavy atom. The number of ether oxygens (including phenoxy) is 1. The van der Waals surface area contributed by atoms with Gasteiger partial charge in [-0.15, -0.1) is 0 Å². The molecule has 0 fully saturated rings. The molecule has 0 saturated carbocycles. The van der Waals surface area contributed by atoms with Crippen LogP contribution in [0.25, 0.3) is 10.2 Å². The molecule has 0 saturated heterocycles. The van der Waals surface area contributed by atoms with Gasteiger partial charge in [-0.05, 0) is 67.8 Å². The van der Waals surface area contributed by atoms with Crippen molar-refractivity contribution in [2.75, 3.05) is 12.0 Å². The van der Waals surface area contributed by atoms with Crippen LogP contribution in [0, 0.1) is 20.8 Å². The number of aryl methyl sites for hydroxylation is 3. The molecule has 0 atom stereocenters. The normalized spacial score (nSPS) is 11.0. The van der Waals surface area contributed by atoms with Crippen molar-refractivity contribution in [3.8, 4) is 5.75 Å². The number of methoxy groups -OCH3 is 1. The minimum Gasteiger partial charge on any atom is -0.497 e. The van der Waals surface area contributed by atoms with E-state index in [1.54, 1.807) is 18.2 Å². The predicted molar refractivity (Wildman–Crippen MR) is 126 cm³/mol. The van der Waals surface area contributed by atoms with Gasteiger partial charge in [0.2, 0.25) is 5.91 Å². The van der Waals surface area contributed by atoms with E-state index >= 15 is 0 Å². The number of carbonyl (C=O) groups excluding carboxylic acids is 1. The van der Waals surface area contributed by atoms with Crippen molar-refractivity contribution in [1.29, 1.82) is 0 Å². The third-order valence-corrected chi connectivity index (χ3v) is 6.37. The van der Waals surface area contributed by atoms with Crippen LogP contribution in [0.2, 0.25) is 0 Å². The van der Waals surface area contributed by atoms with Gasteiger partial charge in [-0.3, -0.25) is 14.7 Å². The zero-order valence-electron chi connectivity index (χ0n) is 18.2. The lowest BCUT2D eigenvalue weighted by Gasteiger charge is -2.21. The molecule has 2 heterocycles. The fourth-order valence-corrected chi connectivity index (χ4v) is 4.80. The molecule has 0 spiro atoms. The molecule has 2 aromatic heterocycles. The van der Waals surface area contributed by atoms with Crippen molar-refractivity contribution in [1.82, 2.24) is 9.97 Å². The monoisotopic (exact) mass is 431 g/mol. The molecule has 4 rings (SSSR count). The Morgan fingerprint density at radius 3 is 2.52 bits per heavy atom. The van der Waals surface area contributed by atoms with Crippen LogP contribution in [-0.4, -0.2) is 23.0 Å². The molecule has 6 heteroatoms. The number of nitrogens with zero attached hydrogens (tertiary/aromatic N) is 3. The lowest BCUT2D eigenvalue weighted by molar-refractivity contribution is -0.118. The summed E-state index contributed by atoms with van der Waals surface area (Å²) in [6.45, 7) is 6.58. The van der Waals surface area contributed by atoms with Crippen LogP contribution in [0.1, 0.15) is 27.9 Å². The Kier molecular flexibility index (Phi) is 6.00. The van der Waals surface area contributed by atoms with E-state index in [0.717, 1.165) is 38.4 Å². The summed E-state index contributed by atoms with van der Waals surface area (Å²) in [4.78, 5) is 24.5. The van der Waals surface area contributed by atoms with Gasteiger partial charge < -0.3 is 4.74 Å². The van der Waals surface area contributed by atoms with Crippen molar-refractivity contribution in [2.24, 2.45) is 0 Å². The number of amides is 1. The standard InChI is InChI=1S/C25H25N3O2S/c1-16-11-17(2)21(18(3)12-16)14-24(29)28(15-19-7-5-6-10-26-19)25-27-22-9-8-20(30-4)13-23(22)31-25/h5-13H,14-15H2,1-4H3. The van der Waals surface area contributed by atoms with Gasteiger partial charge in [-0.1, -0.05) is 35.1 Å². The number of thiazole rings is 1. The maximum absolute atomic E-state index is 13.5. The molecule has 0 bridgehead atoms. The zero-order chi connectivity index (χ0) is 22.0. The molecule has 0 radical (unpaired) electrons. The molecular weight excluding hydrogens is 406 g/mol. The number of fused-ring (bicyclic) bond motifs is 1. The smallest absolute Gasteiger partial charge is 0.233 e. The van der Waals surface area contributed by atoms with Gasteiger partial charge >= 0.3 is 0 Å². The molecule has 0 N–H and O–H groups in total. The van der Waals surface area contributed by atoms with E-state index in [2.05, 4.69) is 37.9 Å². The number of pyridine rings is 1. The van der Waals surface area contributed by atoms with Gasteiger partial charge in [0.1, 0.15) is 5.75 Å². The van der Waals surface area contributed by atoms with Crippen molar-refractivity contribution >= 4 is 32.6 Å². The second kappa shape index (κ2) is 8.86. The van der Waals surface area contributed by atoms with Crippen LogP contribution in [0.3, 0.4) is 0 Å². The Morgan fingerprint density at radius 2 is 1.84 bits per heavy atom. The summed E-state index contributed by atoms with van der Waals surface area (Å²) in [7, 11) is 1.65. The largest absolute Gasteiger partial charge is 0.497 e. The number of anilines is 1.